The Labute approximate surface area is 138 Å². The van der Waals surface area contributed by atoms with Gasteiger partial charge < -0.3 is 10.6 Å². The molecule has 126 valence electrons. The van der Waals surface area contributed by atoms with Gasteiger partial charge in [-0.3, -0.25) is 9.48 Å². The largest absolute Gasteiger partial charge is 0.348 e. The van der Waals surface area contributed by atoms with Gasteiger partial charge in [-0.15, -0.1) is 0 Å². The molecule has 2 saturated carbocycles. The molecule has 0 spiro atoms. The van der Waals surface area contributed by atoms with Crippen LogP contribution in [0.25, 0.3) is 0 Å². The van der Waals surface area contributed by atoms with Gasteiger partial charge >= 0.3 is 0 Å². The molecule has 5 heteroatoms. The van der Waals surface area contributed by atoms with Crippen molar-refractivity contribution in [1.29, 1.82) is 0 Å². The monoisotopic (exact) mass is 316 g/mol. The molecule has 2 N–H and O–H groups in total. The molecule has 3 fully saturated rings. The van der Waals surface area contributed by atoms with Gasteiger partial charge in [-0.05, 0) is 43.9 Å². The van der Waals surface area contributed by atoms with Crippen LogP contribution in [0.5, 0.6) is 0 Å². The van der Waals surface area contributed by atoms with E-state index in [1.165, 1.54) is 38.5 Å². The lowest BCUT2D eigenvalue weighted by Gasteiger charge is -2.38. The predicted octanol–water partition coefficient (Wildman–Crippen LogP) is 2.30. The second-order valence-electron chi connectivity index (χ2n) is 7.77. The SMILES string of the molecule is Cn1cc([C@@H]2NC(=O)CC[C@H]2NC2CCCC(C3CC3)C2)cn1. The van der Waals surface area contributed by atoms with Crippen molar-refractivity contribution in [3.8, 4) is 0 Å². The molecule has 23 heavy (non-hydrogen) atoms. The molecule has 0 aromatic carbocycles. The summed E-state index contributed by atoms with van der Waals surface area (Å²) in [6.07, 6.45) is 13.8. The number of hydrogen-bond donors (Lipinski definition) is 2. The fraction of sp³-hybridized carbons (Fsp3) is 0.778. The second kappa shape index (κ2) is 6.27. The molecule has 1 aromatic rings. The van der Waals surface area contributed by atoms with Gasteiger partial charge in [-0.1, -0.05) is 12.8 Å². The number of amides is 1. The van der Waals surface area contributed by atoms with Gasteiger partial charge in [-0.2, -0.15) is 5.10 Å². The van der Waals surface area contributed by atoms with Gasteiger partial charge in [0.2, 0.25) is 5.91 Å². The molecule has 1 aliphatic heterocycles. The highest BCUT2D eigenvalue weighted by atomic mass is 16.1. The normalized spacial score (nSPS) is 35.1. The second-order valence-corrected chi connectivity index (χ2v) is 7.77. The first-order valence-electron chi connectivity index (χ1n) is 9.23. The van der Waals surface area contributed by atoms with E-state index in [0.717, 1.165) is 23.8 Å². The van der Waals surface area contributed by atoms with Crippen molar-refractivity contribution in [2.24, 2.45) is 18.9 Å². The van der Waals surface area contributed by atoms with Crippen molar-refractivity contribution in [2.75, 3.05) is 0 Å². The number of rotatable bonds is 4. The first-order valence-corrected chi connectivity index (χ1v) is 9.23. The van der Waals surface area contributed by atoms with Gasteiger partial charge in [0.1, 0.15) is 0 Å². The zero-order valence-corrected chi connectivity index (χ0v) is 14.0. The highest BCUT2D eigenvalue weighted by Gasteiger charge is 2.37. The molecule has 5 nitrogen and oxygen atoms in total. The Morgan fingerprint density at radius 3 is 2.83 bits per heavy atom. The number of carbonyl (C=O) groups excluding carboxylic acids is 1. The van der Waals surface area contributed by atoms with Crippen molar-refractivity contribution in [3.05, 3.63) is 18.0 Å². The smallest absolute Gasteiger partial charge is 0.220 e. The van der Waals surface area contributed by atoms with Crippen LogP contribution >= 0.6 is 0 Å². The minimum atomic E-state index is 0.0613. The average molecular weight is 316 g/mol. The molecule has 2 unspecified atom stereocenters. The van der Waals surface area contributed by atoms with Crippen LogP contribution in [-0.2, 0) is 11.8 Å². The van der Waals surface area contributed by atoms with Gasteiger partial charge in [0.05, 0.1) is 12.2 Å². The quantitative estimate of drug-likeness (QED) is 0.896. The lowest BCUT2D eigenvalue weighted by Crippen LogP contribution is -2.52. The zero-order valence-electron chi connectivity index (χ0n) is 14.0. The van der Waals surface area contributed by atoms with Crippen molar-refractivity contribution in [1.82, 2.24) is 20.4 Å². The first kappa shape index (κ1) is 15.2. The lowest BCUT2D eigenvalue weighted by atomic mass is 9.81. The number of nitrogens with zero attached hydrogens (tertiary/aromatic N) is 2. The van der Waals surface area contributed by atoms with Crippen molar-refractivity contribution in [3.63, 3.8) is 0 Å². The number of hydrogen-bond acceptors (Lipinski definition) is 3. The minimum Gasteiger partial charge on any atom is -0.348 e. The molecule has 1 saturated heterocycles. The van der Waals surface area contributed by atoms with E-state index in [-0.39, 0.29) is 11.9 Å². The summed E-state index contributed by atoms with van der Waals surface area (Å²) in [7, 11) is 1.93. The van der Waals surface area contributed by atoms with Crippen LogP contribution in [0, 0.1) is 11.8 Å². The summed E-state index contributed by atoms with van der Waals surface area (Å²) in [6, 6.07) is 1.01. The van der Waals surface area contributed by atoms with Crippen molar-refractivity contribution >= 4 is 5.91 Å². The average Bonchev–Trinajstić information content (AvgIpc) is 3.31. The molecular weight excluding hydrogens is 288 g/mol. The summed E-state index contributed by atoms with van der Waals surface area (Å²) in [5, 5.41) is 11.4. The van der Waals surface area contributed by atoms with E-state index >= 15 is 0 Å². The van der Waals surface area contributed by atoms with Gasteiger partial charge in [0.15, 0.2) is 0 Å². The van der Waals surface area contributed by atoms with Crippen LogP contribution in [0.4, 0.5) is 0 Å². The van der Waals surface area contributed by atoms with E-state index in [2.05, 4.69) is 15.7 Å². The third kappa shape index (κ3) is 3.44. The summed E-state index contributed by atoms with van der Waals surface area (Å²) in [6.45, 7) is 0. The van der Waals surface area contributed by atoms with E-state index in [1.807, 2.05) is 24.1 Å². The molecule has 4 rings (SSSR count). The van der Waals surface area contributed by atoms with Crippen molar-refractivity contribution in [2.45, 2.75) is 69.5 Å². The third-order valence-electron chi connectivity index (χ3n) is 5.94. The Morgan fingerprint density at radius 2 is 2.09 bits per heavy atom. The zero-order chi connectivity index (χ0) is 15.8. The molecule has 4 atom stereocenters. The number of piperidine rings is 1. The van der Waals surface area contributed by atoms with E-state index in [1.54, 1.807) is 0 Å². The topological polar surface area (TPSA) is 59.0 Å². The summed E-state index contributed by atoms with van der Waals surface area (Å²) >= 11 is 0. The van der Waals surface area contributed by atoms with Gasteiger partial charge in [0, 0.05) is 37.3 Å². The summed E-state index contributed by atoms with van der Waals surface area (Å²) in [5.41, 5.74) is 1.12. The first-order chi connectivity index (χ1) is 11.2. The molecule has 1 aromatic heterocycles. The van der Waals surface area contributed by atoms with Crippen LogP contribution in [0.1, 0.15) is 63.0 Å². The maximum Gasteiger partial charge on any atom is 0.220 e. The highest BCUT2D eigenvalue weighted by molar-refractivity contribution is 5.77. The Hall–Kier alpha value is -1.36. The minimum absolute atomic E-state index is 0.0613. The van der Waals surface area contributed by atoms with Gasteiger partial charge in [0.25, 0.3) is 0 Å². The van der Waals surface area contributed by atoms with Crippen molar-refractivity contribution < 1.29 is 4.79 Å². The van der Waals surface area contributed by atoms with E-state index in [0.29, 0.717) is 18.5 Å². The molecule has 0 bridgehead atoms. The fourth-order valence-electron chi connectivity index (χ4n) is 4.57. The lowest BCUT2D eigenvalue weighted by molar-refractivity contribution is -0.124. The van der Waals surface area contributed by atoms with Crippen LogP contribution in [0.15, 0.2) is 12.4 Å². The van der Waals surface area contributed by atoms with Crippen LogP contribution < -0.4 is 10.6 Å². The summed E-state index contributed by atoms with van der Waals surface area (Å²) < 4.78 is 1.82. The van der Waals surface area contributed by atoms with Crippen LogP contribution in [-0.4, -0.2) is 27.8 Å². The molecular formula is C18H28N4O. The molecule has 3 aliphatic rings. The maximum atomic E-state index is 11.9. The van der Waals surface area contributed by atoms with Gasteiger partial charge in [-0.25, -0.2) is 0 Å². The molecule has 0 radical (unpaired) electrons. The predicted molar refractivity (Wildman–Crippen MR) is 88.7 cm³/mol. The summed E-state index contributed by atoms with van der Waals surface area (Å²) in [4.78, 5) is 11.9. The van der Waals surface area contributed by atoms with E-state index in [9.17, 15) is 4.79 Å². The number of nitrogens with one attached hydrogen (secondary N) is 2. The highest BCUT2D eigenvalue weighted by Crippen LogP contribution is 2.44. The molecule has 2 aliphatic carbocycles. The molecule has 1 amide bonds. The Kier molecular flexibility index (Phi) is 4.14. The third-order valence-corrected chi connectivity index (χ3v) is 5.94. The molecule has 2 heterocycles. The fourth-order valence-corrected chi connectivity index (χ4v) is 4.57. The summed E-state index contributed by atoms with van der Waals surface area (Å²) in [5.74, 6) is 2.12. The van der Waals surface area contributed by atoms with Crippen LogP contribution in [0.2, 0.25) is 0 Å². The standard InChI is InChI=1S/C18H28N4O/c1-22-11-14(10-19-22)18-16(7-8-17(23)21-18)20-15-4-2-3-13(9-15)12-5-6-12/h10-13,15-16,18,20H,2-9H2,1H3,(H,21,23)/t13?,15?,16-,18+/m1/s1. The van der Waals surface area contributed by atoms with E-state index in [4.69, 9.17) is 0 Å². The Bertz CT molecular complexity index is 565. The number of carbonyl (C=O) groups is 1. The Balaban J connectivity index is 1.43. The van der Waals surface area contributed by atoms with Crippen LogP contribution in [0.3, 0.4) is 0 Å². The Morgan fingerprint density at radius 1 is 1.22 bits per heavy atom. The number of aromatic nitrogens is 2. The van der Waals surface area contributed by atoms with E-state index < -0.39 is 0 Å². The maximum absolute atomic E-state index is 11.9. The number of aryl methyl sites for hydroxylation is 1.